The van der Waals surface area contributed by atoms with Gasteiger partial charge in [0.25, 0.3) is 11.4 Å². The molecule has 1 aliphatic heterocycles. The minimum atomic E-state index is -0.425. The van der Waals surface area contributed by atoms with E-state index in [1.54, 1.807) is 18.2 Å². The van der Waals surface area contributed by atoms with Crippen molar-refractivity contribution >= 4 is 17.4 Å². The second-order valence-electron chi connectivity index (χ2n) is 4.71. The van der Waals surface area contributed by atoms with Crippen LogP contribution in [0.4, 0.5) is 5.69 Å². The summed E-state index contributed by atoms with van der Waals surface area (Å²) < 4.78 is 0. The number of hydrogen-bond acceptors (Lipinski definition) is 5. The van der Waals surface area contributed by atoms with Gasteiger partial charge in [0.1, 0.15) is 0 Å². The molecular formula is C13H10N2O4S. The molecule has 0 fully saturated rings. The largest absolute Gasteiger partial charge is 0.270 e. The first-order valence-electron chi connectivity index (χ1n) is 6.03. The lowest BCUT2D eigenvalue weighted by Crippen LogP contribution is -2.24. The van der Waals surface area contributed by atoms with Crippen molar-refractivity contribution in [2.24, 2.45) is 5.92 Å². The third kappa shape index (κ3) is 2.20. The molecule has 1 heterocycles. The van der Waals surface area contributed by atoms with Crippen molar-refractivity contribution in [1.29, 1.82) is 0 Å². The highest BCUT2D eigenvalue weighted by Crippen LogP contribution is 2.43. The quantitative estimate of drug-likeness (QED) is 0.617. The van der Waals surface area contributed by atoms with Crippen LogP contribution in [0.25, 0.3) is 0 Å². The fourth-order valence-electron chi connectivity index (χ4n) is 2.44. The molecule has 0 spiro atoms. The maximum absolute atomic E-state index is 10.8. The molecular weight excluding hydrogens is 280 g/mol. The highest BCUT2D eigenvalue weighted by molar-refractivity contribution is 8.00. The molecule has 0 aromatic heterocycles. The minimum absolute atomic E-state index is 0.0325. The van der Waals surface area contributed by atoms with Gasteiger partial charge in [-0.1, -0.05) is 12.1 Å². The Morgan fingerprint density at radius 1 is 1.20 bits per heavy atom. The van der Waals surface area contributed by atoms with Gasteiger partial charge in [-0.15, -0.1) is 11.8 Å². The number of rotatable bonds is 2. The van der Waals surface area contributed by atoms with Gasteiger partial charge in [-0.05, 0) is 17.9 Å². The Hall–Kier alpha value is -2.15. The standard InChI is InChI=1S/C13H10N2O4S/c16-14(17)10-3-1-8-5-9-2-4-11(15(18)19)7-13(9)20-12(8)6-10/h1-4,6-8,12H,5H2. The van der Waals surface area contributed by atoms with Crippen LogP contribution in [0.3, 0.4) is 0 Å². The summed E-state index contributed by atoms with van der Waals surface area (Å²) in [6.45, 7) is 0. The summed E-state index contributed by atoms with van der Waals surface area (Å²) in [4.78, 5) is 21.6. The zero-order chi connectivity index (χ0) is 14.3. The number of nitrogens with zero attached hydrogens (tertiary/aromatic N) is 2. The average Bonchev–Trinajstić information content (AvgIpc) is 2.43. The summed E-state index contributed by atoms with van der Waals surface area (Å²) in [5.74, 6) is 0.206. The number of hydrogen-bond donors (Lipinski definition) is 0. The Balaban J connectivity index is 1.94. The SMILES string of the molecule is O=[N+]([O-])C1=CC2Sc3cc([N+](=O)[O-])ccc3CC2C=C1. The van der Waals surface area contributed by atoms with Gasteiger partial charge in [0.05, 0.1) is 9.85 Å². The van der Waals surface area contributed by atoms with E-state index in [1.165, 1.54) is 23.9 Å². The van der Waals surface area contributed by atoms with Crippen molar-refractivity contribution in [3.63, 3.8) is 0 Å². The first-order chi connectivity index (χ1) is 9.54. The Bertz CT molecular complexity index is 668. The van der Waals surface area contributed by atoms with E-state index in [4.69, 9.17) is 0 Å². The Morgan fingerprint density at radius 3 is 2.70 bits per heavy atom. The molecule has 0 bridgehead atoms. The lowest BCUT2D eigenvalue weighted by atomic mass is 9.91. The molecule has 1 aliphatic carbocycles. The molecule has 20 heavy (non-hydrogen) atoms. The number of fused-ring (bicyclic) bond motifs is 2. The third-order valence-corrected chi connectivity index (χ3v) is 4.85. The van der Waals surface area contributed by atoms with Crippen molar-refractivity contribution in [2.45, 2.75) is 16.6 Å². The van der Waals surface area contributed by atoms with E-state index < -0.39 is 9.85 Å². The third-order valence-electron chi connectivity index (χ3n) is 3.46. The molecule has 2 aliphatic rings. The molecule has 0 radical (unpaired) electrons. The summed E-state index contributed by atoms with van der Waals surface area (Å²) in [6, 6.07) is 4.83. The molecule has 7 heteroatoms. The number of nitro groups is 2. The first kappa shape index (κ1) is 12.9. The molecule has 0 saturated carbocycles. The normalized spacial score (nSPS) is 23.5. The molecule has 3 rings (SSSR count). The van der Waals surface area contributed by atoms with Crippen LogP contribution >= 0.6 is 11.8 Å². The van der Waals surface area contributed by atoms with Crippen LogP contribution in [0.5, 0.6) is 0 Å². The van der Waals surface area contributed by atoms with Crippen LogP contribution in [-0.2, 0) is 6.42 Å². The fraction of sp³-hybridized carbons (Fsp3) is 0.231. The van der Waals surface area contributed by atoms with Crippen molar-refractivity contribution in [3.05, 3.63) is 67.9 Å². The average molecular weight is 290 g/mol. The Labute approximate surface area is 118 Å². The van der Waals surface area contributed by atoms with E-state index in [2.05, 4.69) is 0 Å². The highest BCUT2D eigenvalue weighted by atomic mass is 32.2. The van der Waals surface area contributed by atoms with Gasteiger partial charge >= 0.3 is 0 Å². The number of allylic oxidation sites excluding steroid dienone is 2. The van der Waals surface area contributed by atoms with Gasteiger partial charge in [0, 0.05) is 34.4 Å². The predicted molar refractivity (Wildman–Crippen MR) is 74.2 cm³/mol. The van der Waals surface area contributed by atoms with E-state index in [-0.39, 0.29) is 22.6 Å². The number of benzene rings is 1. The summed E-state index contributed by atoms with van der Waals surface area (Å²) in [5, 5.41) is 21.6. The van der Waals surface area contributed by atoms with Crippen molar-refractivity contribution in [2.75, 3.05) is 0 Å². The van der Waals surface area contributed by atoms with Gasteiger partial charge in [0.2, 0.25) is 0 Å². The lowest BCUT2D eigenvalue weighted by Gasteiger charge is -2.29. The topological polar surface area (TPSA) is 86.3 Å². The second-order valence-corrected chi connectivity index (χ2v) is 5.93. The fourth-order valence-corrected chi connectivity index (χ4v) is 3.80. The predicted octanol–water partition coefficient (Wildman–Crippen LogP) is 2.96. The van der Waals surface area contributed by atoms with Crippen molar-refractivity contribution in [3.8, 4) is 0 Å². The molecule has 2 atom stereocenters. The first-order valence-corrected chi connectivity index (χ1v) is 6.91. The molecule has 0 amide bonds. The molecule has 0 N–H and O–H groups in total. The number of nitro benzene ring substituents is 1. The van der Waals surface area contributed by atoms with Crippen LogP contribution in [0.1, 0.15) is 5.56 Å². The van der Waals surface area contributed by atoms with E-state index >= 15 is 0 Å². The maximum atomic E-state index is 10.8. The maximum Gasteiger partial charge on any atom is 0.270 e. The van der Waals surface area contributed by atoms with Crippen LogP contribution < -0.4 is 0 Å². The smallest absolute Gasteiger partial charge is 0.258 e. The minimum Gasteiger partial charge on any atom is -0.258 e. The van der Waals surface area contributed by atoms with Crippen molar-refractivity contribution in [1.82, 2.24) is 0 Å². The zero-order valence-corrected chi connectivity index (χ0v) is 11.1. The van der Waals surface area contributed by atoms with Crippen LogP contribution in [-0.4, -0.2) is 15.1 Å². The van der Waals surface area contributed by atoms with Gasteiger partial charge in [-0.25, -0.2) is 0 Å². The van der Waals surface area contributed by atoms with E-state index in [0.717, 1.165) is 16.9 Å². The van der Waals surface area contributed by atoms with E-state index in [0.29, 0.717) is 0 Å². The summed E-state index contributed by atoms with van der Waals surface area (Å²) >= 11 is 1.46. The van der Waals surface area contributed by atoms with Gasteiger partial charge in [-0.2, -0.15) is 0 Å². The summed E-state index contributed by atoms with van der Waals surface area (Å²) in [6.07, 6.45) is 5.79. The van der Waals surface area contributed by atoms with E-state index in [9.17, 15) is 20.2 Å². The summed E-state index contributed by atoms with van der Waals surface area (Å²) in [5.41, 5.74) is 1.21. The number of thioether (sulfide) groups is 1. The molecule has 1 aromatic carbocycles. The van der Waals surface area contributed by atoms with Crippen LogP contribution in [0.2, 0.25) is 0 Å². The monoisotopic (exact) mass is 290 g/mol. The Morgan fingerprint density at radius 2 is 2.00 bits per heavy atom. The van der Waals surface area contributed by atoms with Gasteiger partial charge in [0.15, 0.2) is 0 Å². The molecule has 2 unspecified atom stereocenters. The van der Waals surface area contributed by atoms with Crippen LogP contribution in [0.15, 0.2) is 47.0 Å². The Kier molecular flexibility index (Phi) is 3.06. The number of non-ortho nitro benzene ring substituents is 1. The second kappa shape index (κ2) is 4.75. The highest BCUT2D eigenvalue weighted by Gasteiger charge is 2.31. The van der Waals surface area contributed by atoms with Crippen LogP contribution in [0, 0.1) is 26.1 Å². The van der Waals surface area contributed by atoms with Gasteiger partial charge in [-0.3, -0.25) is 20.2 Å². The molecule has 102 valence electrons. The summed E-state index contributed by atoms with van der Waals surface area (Å²) in [7, 11) is 0. The lowest BCUT2D eigenvalue weighted by molar-refractivity contribution is -0.419. The molecule has 1 aromatic rings. The van der Waals surface area contributed by atoms with Gasteiger partial charge < -0.3 is 0 Å². The molecule has 6 nitrogen and oxygen atoms in total. The molecule has 0 saturated heterocycles. The van der Waals surface area contributed by atoms with E-state index in [1.807, 2.05) is 6.08 Å². The zero-order valence-electron chi connectivity index (χ0n) is 10.3. The van der Waals surface area contributed by atoms with Crippen molar-refractivity contribution < 1.29 is 9.85 Å².